The van der Waals surface area contributed by atoms with E-state index in [4.69, 9.17) is 0 Å². The molecule has 0 radical (unpaired) electrons. The summed E-state index contributed by atoms with van der Waals surface area (Å²) in [6.07, 6.45) is 0. The van der Waals surface area contributed by atoms with Gasteiger partial charge in [0.15, 0.2) is 0 Å². The Balaban J connectivity index is 2.35. The van der Waals surface area contributed by atoms with E-state index in [1.165, 1.54) is 5.75 Å². The minimum absolute atomic E-state index is 0.397. The summed E-state index contributed by atoms with van der Waals surface area (Å²) in [6, 6.07) is 0. The minimum atomic E-state index is 0.397. The zero-order valence-electron chi connectivity index (χ0n) is 5.99. The van der Waals surface area contributed by atoms with Crippen molar-refractivity contribution in [1.29, 1.82) is 0 Å². The van der Waals surface area contributed by atoms with Crippen molar-refractivity contribution in [2.45, 2.75) is 17.4 Å². The molecule has 1 aliphatic heterocycles. The molecular formula is C5H10MoNS3. The van der Waals surface area contributed by atoms with Gasteiger partial charge in [0.25, 0.3) is 0 Å². The van der Waals surface area contributed by atoms with Crippen LogP contribution >= 0.6 is 33.3 Å². The van der Waals surface area contributed by atoms with Crippen molar-refractivity contribution in [2.24, 2.45) is 0 Å². The maximum absolute atomic E-state index is 2.41. The van der Waals surface area contributed by atoms with E-state index < -0.39 is 0 Å². The number of hydrogen-bond donors (Lipinski definition) is 0. The first-order valence-corrected chi connectivity index (χ1v) is 7.24. The van der Waals surface area contributed by atoms with Crippen molar-refractivity contribution in [1.82, 2.24) is 3.46 Å². The van der Waals surface area contributed by atoms with Gasteiger partial charge in [-0.25, -0.2) is 0 Å². The Morgan fingerprint density at radius 3 is 2.40 bits per heavy atom. The standard InChI is InChI=1S/C5H10NS3.Mo/c1-3-6-5(7-4-2)8-9-5;/h3-4H2,1-2H3;/q-1;+1. The molecule has 0 saturated carbocycles. The third kappa shape index (κ3) is 2.10. The quantitative estimate of drug-likeness (QED) is 0.336. The fraction of sp³-hybridized carbons (Fsp3) is 1.00. The molecule has 0 N–H and O–H groups in total. The second-order valence-electron chi connectivity index (χ2n) is 1.82. The molecule has 0 unspecified atom stereocenters. The Kier molecular flexibility index (Phi) is 3.99. The molecule has 0 amide bonds. The van der Waals surface area contributed by atoms with E-state index in [0.717, 1.165) is 6.54 Å². The summed E-state index contributed by atoms with van der Waals surface area (Å²) in [6.45, 7) is 5.58. The molecule has 0 aromatic heterocycles. The summed E-state index contributed by atoms with van der Waals surface area (Å²) >= 11 is 4.15. The molecule has 0 aromatic carbocycles. The molecule has 1 rings (SSSR count). The van der Waals surface area contributed by atoms with Crippen LogP contribution in [0.2, 0.25) is 0 Å². The number of nitrogens with zero attached hydrogens (tertiary/aromatic N) is 1. The first-order valence-electron chi connectivity index (χ1n) is 3.20. The Labute approximate surface area is 86.0 Å². The van der Waals surface area contributed by atoms with Crippen LogP contribution in [0.3, 0.4) is 0 Å². The van der Waals surface area contributed by atoms with Crippen molar-refractivity contribution in [3.8, 4) is 0 Å². The van der Waals surface area contributed by atoms with Crippen molar-refractivity contribution in [3.63, 3.8) is 0 Å². The van der Waals surface area contributed by atoms with Gasteiger partial charge < -0.3 is 0 Å². The van der Waals surface area contributed by atoms with Crippen LogP contribution in [0.4, 0.5) is 0 Å². The summed E-state index contributed by atoms with van der Waals surface area (Å²) in [4.78, 5) is 0. The van der Waals surface area contributed by atoms with Crippen molar-refractivity contribution in [3.05, 3.63) is 0 Å². The third-order valence-electron chi connectivity index (χ3n) is 1.15. The summed E-state index contributed by atoms with van der Waals surface area (Å²) in [7, 11) is 3.96. The molecule has 10 heavy (non-hydrogen) atoms. The maximum atomic E-state index is 2.41. The van der Waals surface area contributed by atoms with Crippen LogP contribution in [0.5, 0.6) is 0 Å². The van der Waals surface area contributed by atoms with Gasteiger partial charge in [0.2, 0.25) is 0 Å². The van der Waals surface area contributed by atoms with E-state index in [1.54, 1.807) is 0 Å². The molecule has 1 aliphatic rings. The average molecular weight is 276 g/mol. The third-order valence-corrected chi connectivity index (χ3v) is 8.43. The molecule has 0 aliphatic carbocycles. The molecule has 0 bridgehead atoms. The van der Waals surface area contributed by atoms with E-state index >= 15 is 0 Å². The van der Waals surface area contributed by atoms with Gasteiger partial charge in [-0.2, -0.15) is 0 Å². The second kappa shape index (κ2) is 4.08. The molecule has 1 nitrogen and oxygen atoms in total. The van der Waals surface area contributed by atoms with Gasteiger partial charge in [-0.15, -0.1) is 0 Å². The Morgan fingerprint density at radius 1 is 1.50 bits per heavy atom. The van der Waals surface area contributed by atoms with E-state index in [1.807, 2.05) is 33.3 Å². The van der Waals surface area contributed by atoms with Gasteiger partial charge in [-0.05, 0) is 0 Å². The Bertz CT molecular complexity index is 117. The summed E-state index contributed by atoms with van der Waals surface area (Å²) in [5, 5.41) is 0. The van der Waals surface area contributed by atoms with E-state index in [2.05, 4.69) is 37.4 Å². The first kappa shape index (κ1) is 9.78. The molecule has 0 atom stereocenters. The molecule has 1 fully saturated rings. The van der Waals surface area contributed by atoms with Crippen LogP contribution in [0.15, 0.2) is 0 Å². The van der Waals surface area contributed by atoms with Crippen molar-refractivity contribution >= 4 is 33.3 Å². The van der Waals surface area contributed by atoms with Gasteiger partial charge in [0.05, 0.1) is 0 Å². The molecule has 5 heteroatoms. The zero-order valence-corrected chi connectivity index (χ0v) is 10.5. The van der Waals surface area contributed by atoms with Gasteiger partial charge in [-0.1, -0.05) is 0 Å². The summed E-state index contributed by atoms with van der Waals surface area (Å²) in [5.41, 5.74) is 0. The van der Waals surface area contributed by atoms with Crippen molar-refractivity contribution < 1.29 is 20.1 Å². The molecule has 0 spiro atoms. The summed E-state index contributed by atoms with van der Waals surface area (Å²) in [5.74, 6) is 1.21. The van der Waals surface area contributed by atoms with E-state index in [-0.39, 0.29) is 0 Å². The van der Waals surface area contributed by atoms with Crippen LogP contribution in [0.25, 0.3) is 0 Å². The van der Waals surface area contributed by atoms with Crippen molar-refractivity contribution in [2.75, 3.05) is 12.3 Å². The Hall–Kier alpha value is 1.70. The second-order valence-corrected chi connectivity index (χ2v) is 7.65. The average Bonchev–Trinajstić information content (AvgIpc) is 2.69. The first-order chi connectivity index (χ1) is 4.75. The predicted molar refractivity (Wildman–Crippen MR) is 48.4 cm³/mol. The monoisotopic (exact) mass is 278 g/mol. The molecule has 0 aromatic rings. The van der Waals surface area contributed by atoms with Gasteiger partial charge >= 0.3 is 86.6 Å². The van der Waals surface area contributed by atoms with Crippen LogP contribution in [-0.4, -0.2) is 19.3 Å². The molecule has 1 heterocycles. The summed E-state index contributed by atoms with van der Waals surface area (Å²) < 4.78 is 2.81. The molecule has 59 valence electrons. The van der Waals surface area contributed by atoms with Gasteiger partial charge in [0, 0.05) is 0 Å². The molecule has 1 saturated heterocycles. The molecular weight excluding hydrogens is 266 g/mol. The van der Waals surface area contributed by atoms with Crippen LogP contribution in [0, 0.1) is 0 Å². The van der Waals surface area contributed by atoms with Crippen LogP contribution < -0.4 is 0 Å². The normalized spacial score (nSPS) is 21.5. The van der Waals surface area contributed by atoms with Gasteiger partial charge in [0.1, 0.15) is 0 Å². The fourth-order valence-corrected chi connectivity index (χ4v) is 6.46. The zero-order chi connectivity index (χ0) is 7.61. The topological polar surface area (TPSA) is 3.24 Å². The fourth-order valence-electron chi connectivity index (χ4n) is 0.615. The number of thioether (sulfide) groups is 1. The van der Waals surface area contributed by atoms with Gasteiger partial charge in [-0.3, -0.25) is 0 Å². The Morgan fingerprint density at radius 2 is 2.10 bits per heavy atom. The number of rotatable bonds is 4. The number of hydrogen-bond acceptors (Lipinski definition) is 4. The SMILES string of the molecule is CCSC1([N]([Mo])CC)SS1. The van der Waals surface area contributed by atoms with Crippen LogP contribution in [0.1, 0.15) is 13.8 Å². The van der Waals surface area contributed by atoms with E-state index in [9.17, 15) is 0 Å². The predicted octanol–water partition coefficient (Wildman–Crippen LogP) is 2.53. The van der Waals surface area contributed by atoms with E-state index in [0.29, 0.717) is 3.54 Å². The van der Waals surface area contributed by atoms with Crippen LogP contribution in [-0.2, 0) is 20.1 Å².